The van der Waals surface area contributed by atoms with Crippen LogP contribution in [0.1, 0.15) is 18.1 Å². The average molecular weight is 409 g/mol. The summed E-state index contributed by atoms with van der Waals surface area (Å²) in [5.41, 5.74) is -0.0799. The quantitative estimate of drug-likeness (QED) is 0.765. The maximum Gasteiger partial charge on any atom is 0.263 e. The van der Waals surface area contributed by atoms with Gasteiger partial charge in [0.05, 0.1) is 4.47 Å². The van der Waals surface area contributed by atoms with Crippen molar-refractivity contribution in [2.75, 3.05) is 6.54 Å². The molecule has 0 aliphatic carbocycles. The Kier molecular flexibility index (Phi) is 4.31. The largest absolute Gasteiger partial charge is 0.508 e. The van der Waals surface area contributed by atoms with E-state index in [0.717, 1.165) is 0 Å². The highest BCUT2D eigenvalue weighted by Gasteiger charge is 2.51. The number of nitrogens with one attached hydrogen (secondary N) is 1. The molecule has 1 saturated heterocycles. The first kappa shape index (κ1) is 16.9. The number of halogens is 2. The lowest BCUT2D eigenvalue weighted by molar-refractivity contribution is -0.129. The Bertz CT molecular complexity index is 828. The first-order valence-electron chi connectivity index (χ1n) is 7.29. The van der Waals surface area contributed by atoms with E-state index in [9.17, 15) is 14.3 Å². The van der Waals surface area contributed by atoms with Gasteiger partial charge in [-0.2, -0.15) is 0 Å². The van der Waals surface area contributed by atoms with E-state index in [2.05, 4.69) is 21.2 Å². The molecule has 1 heterocycles. The van der Waals surface area contributed by atoms with Gasteiger partial charge >= 0.3 is 0 Å². The molecule has 2 aromatic carbocycles. The van der Waals surface area contributed by atoms with Gasteiger partial charge in [-0.15, -0.1) is 0 Å². The molecule has 1 atom stereocenters. The Morgan fingerprint density at radius 1 is 1.25 bits per heavy atom. The van der Waals surface area contributed by atoms with E-state index >= 15 is 0 Å². The highest BCUT2D eigenvalue weighted by Crippen LogP contribution is 2.38. The summed E-state index contributed by atoms with van der Waals surface area (Å²) in [6.07, 6.45) is 0. The zero-order chi connectivity index (χ0) is 17.5. The molecule has 124 valence electrons. The second kappa shape index (κ2) is 6.14. The smallest absolute Gasteiger partial charge is 0.263 e. The van der Waals surface area contributed by atoms with E-state index in [4.69, 9.17) is 12.2 Å². The SMILES string of the molecule is CCN1C(=O)C(c2ccc(O)cc2)(c2ccc(F)c(Br)c2)NC1=S. The van der Waals surface area contributed by atoms with E-state index in [1.165, 1.54) is 23.1 Å². The Morgan fingerprint density at radius 3 is 2.42 bits per heavy atom. The van der Waals surface area contributed by atoms with Crippen LogP contribution in [0.15, 0.2) is 46.9 Å². The zero-order valence-electron chi connectivity index (χ0n) is 12.7. The van der Waals surface area contributed by atoms with Gasteiger partial charge in [-0.1, -0.05) is 18.2 Å². The first-order valence-corrected chi connectivity index (χ1v) is 8.49. The zero-order valence-corrected chi connectivity index (χ0v) is 15.1. The third kappa shape index (κ3) is 2.48. The molecule has 1 fully saturated rings. The van der Waals surface area contributed by atoms with Gasteiger partial charge in [0, 0.05) is 6.54 Å². The van der Waals surface area contributed by atoms with Crippen molar-refractivity contribution >= 4 is 39.2 Å². The third-order valence-electron chi connectivity index (χ3n) is 4.07. The molecule has 0 saturated carbocycles. The van der Waals surface area contributed by atoms with Crippen LogP contribution >= 0.6 is 28.1 Å². The normalized spacial score (nSPS) is 20.4. The van der Waals surface area contributed by atoms with E-state index in [1.54, 1.807) is 24.3 Å². The maximum atomic E-state index is 13.7. The number of aromatic hydroxyl groups is 1. The van der Waals surface area contributed by atoms with Crippen molar-refractivity contribution in [2.45, 2.75) is 12.5 Å². The number of hydrogen-bond acceptors (Lipinski definition) is 3. The van der Waals surface area contributed by atoms with Crippen LogP contribution in [0.4, 0.5) is 4.39 Å². The summed E-state index contributed by atoms with van der Waals surface area (Å²) in [5, 5.41) is 13.0. The van der Waals surface area contributed by atoms with Crippen LogP contribution in [0.2, 0.25) is 0 Å². The number of hydrogen-bond donors (Lipinski definition) is 2. The highest BCUT2D eigenvalue weighted by molar-refractivity contribution is 9.10. The van der Waals surface area contributed by atoms with Crippen LogP contribution in [0.25, 0.3) is 0 Å². The summed E-state index contributed by atoms with van der Waals surface area (Å²) in [7, 11) is 0. The molecule has 7 heteroatoms. The standard InChI is InChI=1S/C17H14BrFN2O2S/c1-2-21-15(23)17(20-16(21)24,10-3-6-12(22)7-4-10)11-5-8-14(19)13(18)9-11/h3-9,22H,2H2,1H3,(H,20,24). The summed E-state index contributed by atoms with van der Waals surface area (Å²) in [6.45, 7) is 2.26. The maximum absolute atomic E-state index is 13.7. The minimum absolute atomic E-state index is 0.0922. The van der Waals surface area contributed by atoms with E-state index < -0.39 is 11.4 Å². The van der Waals surface area contributed by atoms with Gasteiger partial charge in [0.2, 0.25) is 0 Å². The fraction of sp³-hybridized carbons (Fsp3) is 0.176. The molecule has 0 bridgehead atoms. The van der Waals surface area contributed by atoms with Crippen LogP contribution in [0.3, 0.4) is 0 Å². The van der Waals surface area contributed by atoms with Crippen molar-refractivity contribution in [2.24, 2.45) is 0 Å². The molecule has 0 radical (unpaired) electrons. The van der Waals surface area contributed by atoms with E-state index in [0.29, 0.717) is 22.8 Å². The van der Waals surface area contributed by atoms with Gasteiger partial charge in [0.1, 0.15) is 11.6 Å². The van der Waals surface area contributed by atoms with Crippen molar-refractivity contribution in [1.82, 2.24) is 10.2 Å². The van der Waals surface area contributed by atoms with Gasteiger partial charge in [0.15, 0.2) is 10.7 Å². The summed E-state index contributed by atoms with van der Waals surface area (Å²) < 4.78 is 13.9. The number of thiocarbonyl (C=S) groups is 1. The molecule has 1 aliphatic rings. The molecule has 1 unspecified atom stereocenters. The van der Waals surface area contributed by atoms with Crippen LogP contribution < -0.4 is 5.32 Å². The van der Waals surface area contributed by atoms with Crippen molar-refractivity contribution < 1.29 is 14.3 Å². The number of nitrogens with zero attached hydrogens (tertiary/aromatic N) is 1. The molecule has 1 aliphatic heterocycles. The molecule has 2 aromatic rings. The second-order valence-corrected chi connectivity index (χ2v) is 6.65. The lowest BCUT2D eigenvalue weighted by atomic mass is 9.82. The molecular weight excluding hydrogens is 395 g/mol. The molecule has 3 rings (SSSR count). The van der Waals surface area contributed by atoms with Crippen molar-refractivity contribution in [3.8, 4) is 5.75 Å². The summed E-state index contributed by atoms with van der Waals surface area (Å²) in [4.78, 5) is 14.6. The van der Waals surface area contributed by atoms with Gasteiger partial charge in [0.25, 0.3) is 5.91 Å². The Morgan fingerprint density at radius 2 is 1.88 bits per heavy atom. The first-order chi connectivity index (χ1) is 11.4. The van der Waals surface area contributed by atoms with Crippen LogP contribution in [0.5, 0.6) is 5.75 Å². The predicted octanol–water partition coefficient (Wildman–Crippen LogP) is 3.27. The minimum atomic E-state index is -1.25. The van der Waals surface area contributed by atoms with Crippen molar-refractivity contribution in [1.29, 1.82) is 0 Å². The van der Waals surface area contributed by atoms with Crippen molar-refractivity contribution in [3.05, 3.63) is 63.9 Å². The van der Waals surface area contributed by atoms with Gasteiger partial charge in [-0.3, -0.25) is 9.69 Å². The molecule has 2 N–H and O–H groups in total. The summed E-state index contributed by atoms with van der Waals surface area (Å²) >= 11 is 8.48. The summed E-state index contributed by atoms with van der Waals surface area (Å²) in [5.74, 6) is -0.561. The number of phenolic OH excluding ortho intramolecular Hbond substituents is 1. The number of carbonyl (C=O) groups is 1. The second-order valence-electron chi connectivity index (χ2n) is 5.41. The van der Waals surface area contributed by atoms with Gasteiger partial charge < -0.3 is 10.4 Å². The number of phenols is 1. The number of rotatable bonds is 3. The third-order valence-corrected chi connectivity index (χ3v) is 5.00. The van der Waals surface area contributed by atoms with Crippen LogP contribution in [-0.4, -0.2) is 27.6 Å². The average Bonchev–Trinajstić information content (AvgIpc) is 2.82. The molecule has 1 amide bonds. The Balaban J connectivity index is 2.25. The molecule has 0 aromatic heterocycles. The Hall–Kier alpha value is -1.99. The lowest BCUT2D eigenvalue weighted by Gasteiger charge is -2.28. The Labute approximate surface area is 152 Å². The van der Waals surface area contributed by atoms with Gasteiger partial charge in [-0.25, -0.2) is 4.39 Å². The fourth-order valence-corrected chi connectivity index (χ4v) is 3.61. The lowest BCUT2D eigenvalue weighted by Crippen LogP contribution is -2.45. The molecule has 24 heavy (non-hydrogen) atoms. The molecule has 0 spiro atoms. The number of amides is 1. The van der Waals surface area contributed by atoms with Gasteiger partial charge in [-0.05, 0) is 70.5 Å². The minimum Gasteiger partial charge on any atom is -0.508 e. The number of likely N-dealkylation sites (N-methyl/N-ethyl adjacent to an activating group) is 1. The number of carbonyl (C=O) groups excluding carboxylic acids is 1. The topological polar surface area (TPSA) is 52.6 Å². The number of benzene rings is 2. The van der Waals surface area contributed by atoms with E-state index in [1.807, 2.05) is 6.92 Å². The summed E-state index contributed by atoms with van der Waals surface area (Å²) in [6, 6.07) is 10.7. The van der Waals surface area contributed by atoms with Crippen LogP contribution in [0, 0.1) is 5.82 Å². The monoisotopic (exact) mass is 408 g/mol. The fourth-order valence-electron chi connectivity index (χ4n) is 2.86. The van der Waals surface area contributed by atoms with Crippen molar-refractivity contribution in [3.63, 3.8) is 0 Å². The molecule has 4 nitrogen and oxygen atoms in total. The predicted molar refractivity (Wildman–Crippen MR) is 96.1 cm³/mol. The van der Waals surface area contributed by atoms with Crippen LogP contribution in [-0.2, 0) is 10.3 Å². The van der Waals surface area contributed by atoms with E-state index in [-0.39, 0.29) is 16.1 Å². The molecular formula is C17H14BrFN2O2S. The highest BCUT2D eigenvalue weighted by atomic mass is 79.9.